The molecule has 2 bridgehead atoms. The first-order chi connectivity index (χ1) is 11.4. The Morgan fingerprint density at radius 2 is 2.04 bits per heavy atom. The number of nitrogens with zero attached hydrogens (tertiary/aromatic N) is 2. The molecule has 24 heavy (non-hydrogen) atoms. The van der Waals surface area contributed by atoms with Crippen LogP contribution in [0.2, 0.25) is 0 Å². The van der Waals surface area contributed by atoms with Crippen molar-refractivity contribution in [1.29, 1.82) is 0 Å². The topological polar surface area (TPSA) is 95.9 Å². The zero-order valence-electron chi connectivity index (χ0n) is 13.3. The third kappa shape index (κ3) is 2.67. The molecule has 1 N–H and O–H groups in total. The molecule has 0 aliphatic carbocycles. The third-order valence-corrected chi connectivity index (χ3v) is 6.57. The number of nitrogens with one attached hydrogen (secondary N) is 1. The Morgan fingerprint density at radius 1 is 1.21 bits per heavy atom. The maximum absolute atomic E-state index is 13.1. The average Bonchev–Trinajstić information content (AvgIpc) is 2.68. The van der Waals surface area contributed by atoms with Gasteiger partial charge in [-0.05, 0) is 19.2 Å². The van der Waals surface area contributed by atoms with E-state index in [1.165, 1.54) is 16.4 Å². The smallest absolute Gasteiger partial charge is 0.408 e. The van der Waals surface area contributed by atoms with E-state index >= 15 is 0 Å². The van der Waals surface area contributed by atoms with Gasteiger partial charge in [-0.15, -0.1) is 0 Å². The summed E-state index contributed by atoms with van der Waals surface area (Å²) in [7, 11) is -1.65. The van der Waals surface area contributed by atoms with Crippen LogP contribution in [0, 0.1) is 5.92 Å². The molecule has 2 aliphatic heterocycles. The van der Waals surface area contributed by atoms with Gasteiger partial charge in [-0.3, -0.25) is 9.88 Å². The number of fused-ring (bicyclic) bond motifs is 4. The van der Waals surface area contributed by atoms with Gasteiger partial charge in [-0.25, -0.2) is 13.2 Å². The van der Waals surface area contributed by atoms with Crippen molar-refractivity contribution < 1.29 is 17.6 Å². The molecule has 3 heterocycles. The Balaban J connectivity index is 1.71. The van der Waals surface area contributed by atoms with Crippen molar-refractivity contribution in [3.8, 4) is 0 Å². The highest BCUT2D eigenvalue weighted by Gasteiger charge is 2.37. The normalized spacial score (nSPS) is 26.5. The Kier molecular flexibility index (Phi) is 3.75. The summed E-state index contributed by atoms with van der Waals surface area (Å²) in [4.78, 5) is 16.1. The van der Waals surface area contributed by atoms with Crippen molar-refractivity contribution in [1.82, 2.24) is 14.2 Å². The van der Waals surface area contributed by atoms with Gasteiger partial charge in [0.2, 0.25) is 10.0 Å². The molecule has 0 saturated carbocycles. The van der Waals surface area contributed by atoms with Gasteiger partial charge in [0.15, 0.2) is 5.58 Å². The number of rotatable bonds is 2. The van der Waals surface area contributed by atoms with Gasteiger partial charge in [0.25, 0.3) is 0 Å². The van der Waals surface area contributed by atoms with Crippen molar-refractivity contribution >= 4 is 21.1 Å². The lowest BCUT2D eigenvalue weighted by atomic mass is 10.1. The predicted molar refractivity (Wildman–Crippen MR) is 86.3 cm³/mol. The summed E-state index contributed by atoms with van der Waals surface area (Å²) >= 11 is 0. The number of ether oxygens (including phenoxy) is 1. The minimum atomic E-state index is -3.66. The van der Waals surface area contributed by atoms with Crippen molar-refractivity contribution in [2.24, 2.45) is 5.92 Å². The molecule has 2 fully saturated rings. The van der Waals surface area contributed by atoms with Gasteiger partial charge in [0, 0.05) is 37.7 Å². The predicted octanol–water partition coefficient (Wildman–Crippen LogP) is 0.0722. The lowest BCUT2D eigenvalue weighted by Crippen LogP contribution is -2.44. The molecule has 2 saturated heterocycles. The number of aromatic nitrogens is 1. The Labute approximate surface area is 139 Å². The second-order valence-corrected chi connectivity index (χ2v) is 8.43. The Hall–Kier alpha value is -1.68. The molecule has 0 spiro atoms. The molecule has 1 aromatic heterocycles. The molecule has 4 rings (SSSR count). The van der Waals surface area contributed by atoms with Crippen LogP contribution in [-0.2, 0) is 14.8 Å². The number of oxazole rings is 1. The standard InChI is InChI=1S/C15H19N3O5S/c1-17-5-10-6-18(7-11(17)9-22-8-10)24(20,21)12-2-3-13-14(4-12)23-15(19)16-13/h2-4,10-11H,5-9H2,1H3,(H,16,19)/t10-,11+/m1/s1. The van der Waals surface area contributed by atoms with Crippen LogP contribution >= 0.6 is 0 Å². The molecule has 2 atom stereocenters. The molecule has 1 aromatic carbocycles. The number of benzene rings is 1. The average molecular weight is 353 g/mol. The van der Waals surface area contributed by atoms with Crippen LogP contribution in [0.25, 0.3) is 11.1 Å². The molecule has 8 nitrogen and oxygen atoms in total. The van der Waals surface area contributed by atoms with Crippen molar-refractivity contribution in [3.05, 3.63) is 28.7 Å². The van der Waals surface area contributed by atoms with E-state index in [-0.39, 0.29) is 22.4 Å². The molecular weight excluding hydrogens is 334 g/mol. The first-order valence-electron chi connectivity index (χ1n) is 7.84. The SMILES string of the molecule is CN1C[C@H]2COC[C@@H]1CN(S(=O)(=O)c1ccc3[nH]c(=O)oc3c1)C2. The number of sulfonamides is 1. The fraction of sp³-hybridized carbons (Fsp3) is 0.533. The number of aromatic amines is 1. The van der Waals surface area contributed by atoms with Crippen LogP contribution in [0.4, 0.5) is 0 Å². The van der Waals surface area contributed by atoms with E-state index in [1.54, 1.807) is 6.07 Å². The lowest BCUT2D eigenvalue weighted by molar-refractivity contribution is 0.0727. The van der Waals surface area contributed by atoms with Crippen LogP contribution in [-0.4, -0.2) is 68.5 Å². The van der Waals surface area contributed by atoms with Crippen molar-refractivity contribution in [2.75, 3.05) is 39.9 Å². The van der Waals surface area contributed by atoms with Gasteiger partial charge < -0.3 is 9.15 Å². The minimum Gasteiger partial charge on any atom is -0.408 e. The zero-order chi connectivity index (χ0) is 16.9. The summed E-state index contributed by atoms with van der Waals surface area (Å²) in [6.07, 6.45) is 0. The highest BCUT2D eigenvalue weighted by Crippen LogP contribution is 2.25. The molecule has 0 radical (unpaired) electrons. The van der Waals surface area contributed by atoms with E-state index in [0.29, 0.717) is 31.8 Å². The first-order valence-corrected chi connectivity index (χ1v) is 9.28. The van der Waals surface area contributed by atoms with Crippen LogP contribution in [0.15, 0.2) is 32.3 Å². The fourth-order valence-electron chi connectivity index (χ4n) is 3.44. The van der Waals surface area contributed by atoms with E-state index in [1.807, 2.05) is 7.05 Å². The van der Waals surface area contributed by atoms with E-state index in [4.69, 9.17) is 9.15 Å². The first kappa shape index (κ1) is 15.8. The molecule has 2 aliphatic rings. The zero-order valence-corrected chi connectivity index (χ0v) is 14.1. The van der Waals surface area contributed by atoms with Crippen LogP contribution in [0.1, 0.15) is 0 Å². The lowest BCUT2D eigenvalue weighted by Gasteiger charge is -2.29. The maximum Gasteiger partial charge on any atom is 0.417 e. The fourth-order valence-corrected chi connectivity index (χ4v) is 5.01. The second kappa shape index (κ2) is 5.69. The highest BCUT2D eigenvalue weighted by atomic mass is 32.2. The molecule has 2 aromatic rings. The van der Waals surface area contributed by atoms with Crippen molar-refractivity contribution in [3.63, 3.8) is 0 Å². The molecular formula is C15H19N3O5S. The van der Waals surface area contributed by atoms with Gasteiger partial charge in [-0.2, -0.15) is 4.31 Å². The van der Waals surface area contributed by atoms with Crippen molar-refractivity contribution in [2.45, 2.75) is 10.9 Å². The molecule has 130 valence electrons. The largest absolute Gasteiger partial charge is 0.417 e. The second-order valence-electron chi connectivity index (χ2n) is 6.49. The van der Waals surface area contributed by atoms with Crippen LogP contribution < -0.4 is 5.76 Å². The maximum atomic E-state index is 13.1. The summed E-state index contributed by atoms with van der Waals surface area (Å²) in [5.74, 6) is -0.450. The molecule has 0 amide bonds. The number of hydrogen-bond donors (Lipinski definition) is 1. The Bertz CT molecular complexity index is 919. The van der Waals surface area contributed by atoms with E-state index in [9.17, 15) is 13.2 Å². The summed E-state index contributed by atoms with van der Waals surface area (Å²) < 4.78 is 38.3. The summed E-state index contributed by atoms with van der Waals surface area (Å²) in [6, 6.07) is 4.51. The molecule has 0 unspecified atom stereocenters. The van der Waals surface area contributed by atoms with Gasteiger partial charge in [0.05, 0.1) is 23.6 Å². The number of hydrogen-bond acceptors (Lipinski definition) is 6. The van der Waals surface area contributed by atoms with Gasteiger partial charge >= 0.3 is 5.76 Å². The minimum absolute atomic E-state index is 0.0428. The summed E-state index contributed by atoms with van der Waals surface area (Å²) in [5.41, 5.74) is 0.733. The summed E-state index contributed by atoms with van der Waals surface area (Å²) in [6.45, 7) is 2.74. The van der Waals surface area contributed by atoms with Crippen LogP contribution in [0.5, 0.6) is 0 Å². The highest BCUT2D eigenvalue weighted by molar-refractivity contribution is 7.89. The Morgan fingerprint density at radius 3 is 2.88 bits per heavy atom. The van der Waals surface area contributed by atoms with Crippen LogP contribution in [0.3, 0.4) is 0 Å². The van der Waals surface area contributed by atoms with Gasteiger partial charge in [0.1, 0.15) is 0 Å². The monoisotopic (exact) mass is 353 g/mol. The summed E-state index contributed by atoms with van der Waals surface area (Å²) in [5, 5.41) is 0. The molecule has 9 heteroatoms. The number of likely N-dealkylation sites (N-methyl/N-ethyl adjacent to an activating group) is 1. The quantitative estimate of drug-likeness (QED) is 0.821. The van der Waals surface area contributed by atoms with E-state index < -0.39 is 15.8 Å². The van der Waals surface area contributed by atoms with E-state index in [2.05, 4.69) is 9.88 Å². The number of H-pyrrole nitrogens is 1. The van der Waals surface area contributed by atoms with Gasteiger partial charge in [-0.1, -0.05) is 0 Å². The third-order valence-electron chi connectivity index (χ3n) is 4.74. The van der Waals surface area contributed by atoms with E-state index in [0.717, 1.165) is 6.54 Å².